The summed E-state index contributed by atoms with van der Waals surface area (Å²) < 4.78 is 3.06. The molecule has 0 amide bonds. The van der Waals surface area contributed by atoms with E-state index in [-0.39, 0.29) is 0 Å². The van der Waals surface area contributed by atoms with Gasteiger partial charge in [0.25, 0.3) is 0 Å². The number of aryl methyl sites for hydroxylation is 1. The highest BCUT2D eigenvalue weighted by Gasteiger charge is 2.08. The lowest BCUT2D eigenvalue weighted by Crippen LogP contribution is -2.04. The highest BCUT2D eigenvalue weighted by molar-refractivity contribution is 9.10. The van der Waals surface area contributed by atoms with Crippen LogP contribution in [0.2, 0.25) is 0 Å². The molecule has 0 aliphatic heterocycles. The molecule has 0 fully saturated rings. The predicted octanol–water partition coefficient (Wildman–Crippen LogP) is 2.75. The molecule has 0 bridgehead atoms. The highest BCUT2D eigenvalue weighted by Crippen LogP contribution is 2.20. The summed E-state index contributed by atoms with van der Waals surface area (Å²) in [5.41, 5.74) is 3.30. The average molecular weight is 295 g/mol. The number of halogens is 1. The van der Waals surface area contributed by atoms with Crippen LogP contribution in [-0.2, 0) is 6.54 Å². The van der Waals surface area contributed by atoms with Crippen molar-refractivity contribution in [2.24, 2.45) is 0 Å². The summed E-state index contributed by atoms with van der Waals surface area (Å²) in [6.45, 7) is 4.80. The van der Waals surface area contributed by atoms with Crippen molar-refractivity contribution in [3.63, 3.8) is 0 Å². The molecule has 0 saturated carbocycles. The van der Waals surface area contributed by atoms with Crippen LogP contribution in [0.5, 0.6) is 0 Å². The fourth-order valence-electron chi connectivity index (χ4n) is 1.67. The van der Waals surface area contributed by atoms with Gasteiger partial charge in [-0.15, -0.1) is 0 Å². The Morgan fingerprint density at radius 2 is 2.12 bits per heavy atom. The molecule has 4 nitrogen and oxygen atoms in total. The van der Waals surface area contributed by atoms with Crippen LogP contribution in [0.4, 0.5) is 5.82 Å². The van der Waals surface area contributed by atoms with Crippen molar-refractivity contribution in [1.29, 1.82) is 0 Å². The normalized spacial score (nSPS) is 10.6. The molecule has 17 heavy (non-hydrogen) atoms. The topological polar surface area (TPSA) is 42.7 Å². The largest absolute Gasteiger partial charge is 0.373 e. The third-order valence-electron chi connectivity index (χ3n) is 2.71. The van der Waals surface area contributed by atoms with E-state index in [2.05, 4.69) is 44.3 Å². The van der Waals surface area contributed by atoms with E-state index in [1.165, 1.54) is 0 Å². The summed E-state index contributed by atoms with van der Waals surface area (Å²) in [5.74, 6) is 0.878. The van der Waals surface area contributed by atoms with Gasteiger partial charge in [-0.25, -0.2) is 4.98 Å². The summed E-state index contributed by atoms with van der Waals surface area (Å²) in [7, 11) is 1.86. The first-order chi connectivity index (χ1) is 8.11. The first kappa shape index (κ1) is 12.1. The van der Waals surface area contributed by atoms with Gasteiger partial charge in [0.15, 0.2) is 0 Å². The number of hydrogen-bond donors (Lipinski definition) is 1. The van der Waals surface area contributed by atoms with Gasteiger partial charge in [-0.2, -0.15) is 5.10 Å². The molecule has 0 saturated heterocycles. The molecular weight excluding hydrogens is 280 g/mol. The van der Waals surface area contributed by atoms with E-state index in [4.69, 9.17) is 0 Å². The third-order valence-corrected chi connectivity index (χ3v) is 3.85. The molecule has 90 valence electrons. The fourth-order valence-corrected chi connectivity index (χ4v) is 1.95. The van der Waals surface area contributed by atoms with E-state index in [1.54, 1.807) is 0 Å². The maximum atomic E-state index is 4.47. The Morgan fingerprint density at radius 1 is 1.35 bits per heavy atom. The Labute approximate surface area is 109 Å². The van der Waals surface area contributed by atoms with Gasteiger partial charge in [0, 0.05) is 13.2 Å². The predicted molar refractivity (Wildman–Crippen MR) is 72.3 cm³/mol. The minimum absolute atomic E-state index is 0.745. The van der Waals surface area contributed by atoms with Crippen LogP contribution in [0.25, 0.3) is 0 Å². The number of pyridine rings is 1. The van der Waals surface area contributed by atoms with E-state index in [0.29, 0.717) is 0 Å². The van der Waals surface area contributed by atoms with Crippen LogP contribution in [-0.4, -0.2) is 21.8 Å². The van der Waals surface area contributed by atoms with Gasteiger partial charge in [0.05, 0.1) is 22.4 Å². The van der Waals surface area contributed by atoms with Gasteiger partial charge in [-0.1, -0.05) is 6.07 Å². The molecule has 0 aliphatic rings. The molecule has 2 aromatic heterocycles. The number of hydrogen-bond acceptors (Lipinski definition) is 3. The van der Waals surface area contributed by atoms with E-state index in [1.807, 2.05) is 30.9 Å². The number of rotatable bonds is 3. The van der Waals surface area contributed by atoms with Crippen LogP contribution < -0.4 is 5.32 Å². The van der Waals surface area contributed by atoms with Crippen LogP contribution >= 0.6 is 15.9 Å². The number of nitrogens with one attached hydrogen (secondary N) is 1. The summed E-state index contributed by atoms with van der Waals surface area (Å²) in [6.07, 6.45) is 1.87. The zero-order valence-corrected chi connectivity index (χ0v) is 11.7. The highest BCUT2D eigenvalue weighted by atomic mass is 79.9. The van der Waals surface area contributed by atoms with Gasteiger partial charge in [0.2, 0.25) is 0 Å². The lowest BCUT2D eigenvalue weighted by molar-refractivity contribution is 0.657. The Kier molecular flexibility index (Phi) is 3.47. The molecule has 5 heteroatoms. The third kappa shape index (κ3) is 2.49. The fraction of sp³-hybridized carbons (Fsp3) is 0.333. The molecule has 0 aliphatic carbocycles. The molecule has 1 N–H and O–H groups in total. The lowest BCUT2D eigenvalue weighted by Gasteiger charge is -2.05. The molecule has 0 aromatic carbocycles. The van der Waals surface area contributed by atoms with Crippen LogP contribution in [0.3, 0.4) is 0 Å². The van der Waals surface area contributed by atoms with Crippen molar-refractivity contribution in [3.05, 3.63) is 39.8 Å². The standard InChI is InChI=1S/C12H15BrN4/c1-8-12(13)9(2)17(16-8)7-10-4-5-11(14-3)15-6-10/h4-6H,7H2,1-3H3,(H,14,15). The second-order valence-electron chi connectivity index (χ2n) is 3.94. The first-order valence-corrected chi connectivity index (χ1v) is 6.23. The van der Waals surface area contributed by atoms with Gasteiger partial charge < -0.3 is 5.32 Å². The van der Waals surface area contributed by atoms with E-state index >= 15 is 0 Å². The number of anilines is 1. The molecule has 0 atom stereocenters. The van der Waals surface area contributed by atoms with Crippen LogP contribution in [0.15, 0.2) is 22.8 Å². The van der Waals surface area contributed by atoms with E-state index < -0.39 is 0 Å². The SMILES string of the molecule is CNc1ccc(Cn2nc(C)c(Br)c2C)cn1. The summed E-state index contributed by atoms with van der Waals surface area (Å²) in [4.78, 5) is 4.29. The molecule has 0 radical (unpaired) electrons. The van der Waals surface area contributed by atoms with Crippen molar-refractivity contribution in [3.8, 4) is 0 Å². The summed E-state index contributed by atoms with van der Waals surface area (Å²) in [6, 6.07) is 4.03. The molecule has 2 heterocycles. The van der Waals surface area contributed by atoms with Gasteiger partial charge >= 0.3 is 0 Å². The minimum Gasteiger partial charge on any atom is -0.373 e. The lowest BCUT2D eigenvalue weighted by atomic mass is 10.3. The van der Waals surface area contributed by atoms with Crippen molar-refractivity contribution in [2.45, 2.75) is 20.4 Å². The van der Waals surface area contributed by atoms with Crippen molar-refractivity contribution in [2.75, 3.05) is 12.4 Å². The number of nitrogens with zero attached hydrogens (tertiary/aromatic N) is 3. The molecular formula is C12H15BrN4. The number of aromatic nitrogens is 3. The van der Waals surface area contributed by atoms with E-state index in [9.17, 15) is 0 Å². The van der Waals surface area contributed by atoms with Crippen LogP contribution in [0, 0.1) is 13.8 Å². The maximum Gasteiger partial charge on any atom is 0.125 e. The quantitative estimate of drug-likeness (QED) is 0.946. The Hall–Kier alpha value is -1.36. The monoisotopic (exact) mass is 294 g/mol. The van der Waals surface area contributed by atoms with Gasteiger partial charge in [-0.3, -0.25) is 4.68 Å². The molecule has 2 aromatic rings. The summed E-state index contributed by atoms with van der Waals surface area (Å²) >= 11 is 3.53. The average Bonchev–Trinajstić information content (AvgIpc) is 2.58. The molecule has 0 unspecified atom stereocenters. The second-order valence-corrected chi connectivity index (χ2v) is 4.74. The maximum absolute atomic E-state index is 4.47. The Morgan fingerprint density at radius 3 is 2.59 bits per heavy atom. The van der Waals surface area contributed by atoms with Crippen LogP contribution in [0.1, 0.15) is 17.0 Å². The minimum atomic E-state index is 0.745. The second kappa shape index (κ2) is 4.87. The van der Waals surface area contributed by atoms with Crippen molar-refractivity contribution < 1.29 is 0 Å². The Balaban J connectivity index is 2.22. The zero-order valence-electron chi connectivity index (χ0n) is 10.2. The molecule has 2 rings (SSSR count). The Bertz CT molecular complexity index is 516. The van der Waals surface area contributed by atoms with Gasteiger partial charge in [0.1, 0.15) is 5.82 Å². The van der Waals surface area contributed by atoms with Crippen molar-refractivity contribution >= 4 is 21.7 Å². The van der Waals surface area contributed by atoms with E-state index in [0.717, 1.165) is 33.8 Å². The smallest absolute Gasteiger partial charge is 0.125 e. The molecule has 0 spiro atoms. The summed E-state index contributed by atoms with van der Waals surface area (Å²) in [5, 5.41) is 7.48. The van der Waals surface area contributed by atoms with Gasteiger partial charge in [-0.05, 0) is 41.4 Å². The first-order valence-electron chi connectivity index (χ1n) is 5.44. The zero-order chi connectivity index (χ0) is 12.4. The van der Waals surface area contributed by atoms with Crippen molar-refractivity contribution in [1.82, 2.24) is 14.8 Å².